The van der Waals surface area contributed by atoms with Gasteiger partial charge in [-0.25, -0.2) is 4.98 Å². The molecule has 1 heterocycles. The topological polar surface area (TPSA) is 51.2 Å². The zero-order chi connectivity index (χ0) is 14.2. The summed E-state index contributed by atoms with van der Waals surface area (Å²) >= 11 is 1.56. The number of hydrogen-bond acceptors (Lipinski definition) is 5. The third kappa shape index (κ3) is 4.66. The van der Waals surface area contributed by atoms with E-state index in [1.165, 1.54) is 5.56 Å². The molecule has 106 valence electrons. The Bertz CT molecular complexity index is 540. The number of aryl methyl sites for hydroxylation is 1. The highest BCUT2D eigenvalue weighted by atomic mass is 32.1. The first-order chi connectivity index (χ1) is 9.78. The molecule has 0 saturated carbocycles. The highest BCUT2D eigenvalue weighted by Gasteiger charge is 2.06. The van der Waals surface area contributed by atoms with Gasteiger partial charge in [0.25, 0.3) is 0 Å². The van der Waals surface area contributed by atoms with Crippen molar-refractivity contribution in [2.24, 2.45) is 0 Å². The van der Waals surface area contributed by atoms with E-state index in [2.05, 4.69) is 22.4 Å². The van der Waals surface area contributed by atoms with E-state index in [4.69, 9.17) is 4.74 Å². The van der Waals surface area contributed by atoms with Gasteiger partial charge >= 0.3 is 5.97 Å². The van der Waals surface area contributed by atoms with Crippen molar-refractivity contribution in [2.45, 2.75) is 26.3 Å². The molecule has 2 rings (SSSR count). The molecule has 0 amide bonds. The van der Waals surface area contributed by atoms with E-state index in [1.54, 1.807) is 11.3 Å². The quantitative estimate of drug-likeness (QED) is 0.795. The van der Waals surface area contributed by atoms with Crippen molar-refractivity contribution in [1.29, 1.82) is 0 Å². The van der Waals surface area contributed by atoms with Gasteiger partial charge in [0.2, 0.25) is 0 Å². The maximum absolute atomic E-state index is 11.3. The standard InChI is InChI=1S/C15H18N2O2S/c1-2-19-14(18)9-8-13-11-20-15(17-13)16-10-12-6-4-3-5-7-12/h3-7,11H,2,8-10H2,1H3,(H,16,17). The van der Waals surface area contributed by atoms with Gasteiger partial charge in [-0.2, -0.15) is 0 Å². The number of thiazole rings is 1. The van der Waals surface area contributed by atoms with Gasteiger partial charge in [0.15, 0.2) is 5.13 Å². The molecule has 1 aromatic heterocycles. The molecule has 0 aliphatic rings. The first kappa shape index (κ1) is 14.5. The predicted molar refractivity (Wildman–Crippen MR) is 80.8 cm³/mol. The van der Waals surface area contributed by atoms with Crippen LogP contribution in [0, 0.1) is 0 Å². The summed E-state index contributed by atoms with van der Waals surface area (Å²) in [6.45, 7) is 3.00. The van der Waals surface area contributed by atoms with Crippen LogP contribution in [0.15, 0.2) is 35.7 Å². The molecule has 0 atom stereocenters. The average Bonchev–Trinajstić information content (AvgIpc) is 2.92. The SMILES string of the molecule is CCOC(=O)CCc1csc(NCc2ccccc2)n1. The summed E-state index contributed by atoms with van der Waals surface area (Å²) in [5, 5.41) is 6.15. The van der Waals surface area contributed by atoms with E-state index in [0.29, 0.717) is 19.4 Å². The van der Waals surface area contributed by atoms with Crippen molar-refractivity contribution >= 4 is 22.4 Å². The summed E-state index contributed by atoms with van der Waals surface area (Å²) in [4.78, 5) is 15.7. The zero-order valence-corrected chi connectivity index (χ0v) is 12.3. The summed E-state index contributed by atoms with van der Waals surface area (Å²) in [5.41, 5.74) is 2.15. The number of ether oxygens (including phenoxy) is 1. The third-order valence-electron chi connectivity index (χ3n) is 2.73. The van der Waals surface area contributed by atoms with E-state index >= 15 is 0 Å². The number of carbonyl (C=O) groups is 1. The molecule has 2 aromatic rings. The van der Waals surface area contributed by atoms with E-state index < -0.39 is 0 Å². The van der Waals surface area contributed by atoms with Crippen molar-refractivity contribution in [1.82, 2.24) is 4.98 Å². The van der Waals surface area contributed by atoms with Gasteiger partial charge in [-0.3, -0.25) is 4.79 Å². The number of rotatable bonds is 7. The number of hydrogen-bond donors (Lipinski definition) is 1. The number of benzene rings is 1. The Kier molecular flexibility index (Phi) is 5.55. The molecule has 0 aliphatic heterocycles. The molecule has 1 aromatic carbocycles. The molecule has 0 unspecified atom stereocenters. The fraction of sp³-hybridized carbons (Fsp3) is 0.333. The molecular formula is C15H18N2O2S. The Morgan fingerprint density at radius 3 is 2.90 bits per heavy atom. The second-order valence-electron chi connectivity index (χ2n) is 4.29. The largest absolute Gasteiger partial charge is 0.466 e. The Morgan fingerprint density at radius 2 is 2.15 bits per heavy atom. The second-order valence-corrected chi connectivity index (χ2v) is 5.15. The Balaban J connectivity index is 1.79. The number of nitrogens with one attached hydrogen (secondary N) is 1. The lowest BCUT2D eigenvalue weighted by molar-refractivity contribution is -0.143. The van der Waals surface area contributed by atoms with Gasteiger partial charge in [0.05, 0.1) is 18.7 Å². The van der Waals surface area contributed by atoms with Crippen molar-refractivity contribution in [2.75, 3.05) is 11.9 Å². The van der Waals surface area contributed by atoms with Gasteiger partial charge in [-0.15, -0.1) is 11.3 Å². The van der Waals surface area contributed by atoms with E-state index in [-0.39, 0.29) is 5.97 Å². The fourth-order valence-electron chi connectivity index (χ4n) is 1.74. The van der Waals surface area contributed by atoms with Crippen LogP contribution in [0.1, 0.15) is 24.6 Å². The van der Waals surface area contributed by atoms with Crippen molar-refractivity contribution in [3.8, 4) is 0 Å². The Labute approximate surface area is 122 Å². The zero-order valence-electron chi connectivity index (χ0n) is 11.5. The normalized spacial score (nSPS) is 10.2. The Hall–Kier alpha value is -1.88. The van der Waals surface area contributed by atoms with Crippen LogP contribution in [-0.4, -0.2) is 17.6 Å². The monoisotopic (exact) mass is 290 g/mol. The summed E-state index contributed by atoms with van der Waals surface area (Å²) < 4.78 is 4.90. The Morgan fingerprint density at radius 1 is 1.35 bits per heavy atom. The summed E-state index contributed by atoms with van der Waals surface area (Å²) in [6, 6.07) is 10.2. The lowest BCUT2D eigenvalue weighted by atomic mass is 10.2. The number of carbonyl (C=O) groups excluding carboxylic acids is 1. The van der Waals surface area contributed by atoms with Gasteiger partial charge in [0.1, 0.15) is 0 Å². The van der Waals surface area contributed by atoms with Crippen LogP contribution >= 0.6 is 11.3 Å². The second kappa shape index (κ2) is 7.65. The first-order valence-corrected chi connectivity index (χ1v) is 7.53. The lowest BCUT2D eigenvalue weighted by Crippen LogP contribution is -2.05. The van der Waals surface area contributed by atoms with E-state index in [0.717, 1.165) is 17.4 Å². The van der Waals surface area contributed by atoms with Crippen LogP contribution < -0.4 is 5.32 Å². The van der Waals surface area contributed by atoms with Crippen LogP contribution in [0.25, 0.3) is 0 Å². The van der Waals surface area contributed by atoms with Crippen LogP contribution in [0.5, 0.6) is 0 Å². The van der Waals surface area contributed by atoms with Crippen LogP contribution in [0.4, 0.5) is 5.13 Å². The minimum atomic E-state index is -0.167. The lowest BCUT2D eigenvalue weighted by Gasteiger charge is -2.02. The van der Waals surface area contributed by atoms with Crippen molar-refractivity contribution < 1.29 is 9.53 Å². The number of aromatic nitrogens is 1. The summed E-state index contributed by atoms with van der Waals surface area (Å²) in [7, 11) is 0. The predicted octanol–water partition coefficient (Wildman–Crippen LogP) is 3.25. The number of nitrogens with zero attached hydrogens (tertiary/aromatic N) is 1. The molecular weight excluding hydrogens is 272 g/mol. The van der Waals surface area contributed by atoms with Gasteiger partial charge < -0.3 is 10.1 Å². The molecule has 0 bridgehead atoms. The van der Waals surface area contributed by atoms with Crippen LogP contribution in [0.3, 0.4) is 0 Å². The average molecular weight is 290 g/mol. The molecule has 4 nitrogen and oxygen atoms in total. The van der Waals surface area contributed by atoms with Crippen molar-refractivity contribution in [3.05, 3.63) is 47.0 Å². The molecule has 0 radical (unpaired) electrons. The molecule has 0 spiro atoms. The molecule has 0 aliphatic carbocycles. The number of esters is 1. The maximum Gasteiger partial charge on any atom is 0.306 e. The molecule has 20 heavy (non-hydrogen) atoms. The maximum atomic E-state index is 11.3. The van der Waals surface area contributed by atoms with Gasteiger partial charge in [-0.1, -0.05) is 30.3 Å². The van der Waals surface area contributed by atoms with Gasteiger partial charge in [0, 0.05) is 18.3 Å². The van der Waals surface area contributed by atoms with E-state index in [1.807, 2.05) is 30.5 Å². The number of anilines is 1. The first-order valence-electron chi connectivity index (χ1n) is 6.65. The van der Waals surface area contributed by atoms with Crippen LogP contribution in [-0.2, 0) is 22.5 Å². The van der Waals surface area contributed by atoms with Gasteiger partial charge in [-0.05, 0) is 12.5 Å². The summed E-state index contributed by atoms with van der Waals surface area (Å²) in [6.07, 6.45) is 1.01. The molecule has 5 heteroatoms. The highest BCUT2D eigenvalue weighted by molar-refractivity contribution is 7.13. The minimum Gasteiger partial charge on any atom is -0.466 e. The molecule has 0 saturated heterocycles. The van der Waals surface area contributed by atoms with Crippen molar-refractivity contribution in [3.63, 3.8) is 0 Å². The fourth-order valence-corrected chi connectivity index (χ4v) is 2.48. The third-order valence-corrected chi connectivity index (χ3v) is 3.58. The highest BCUT2D eigenvalue weighted by Crippen LogP contribution is 2.17. The molecule has 0 fully saturated rings. The molecule has 1 N–H and O–H groups in total. The minimum absolute atomic E-state index is 0.167. The van der Waals surface area contributed by atoms with Crippen LogP contribution in [0.2, 0.25) is 0 Å². The summed E-state index contributed by atoms with van der Waals surface area (Å²) in [5.74, 6) is -0.167. The van der Waals surface area contributed by atoms with E-state index in [9.17, 15) is 4.79 Å². The smallest absolute Gasteiger partial charge is 0.306 e.